The number of amides is 1. The molecule has 1 N–H and O–H groups in total. The molecular formula is C14H23NO3. The zero-order valence-corrected chi connectivity index (χ0v) is 11.3. The molecule has 3 atom stereocenters. The molecule has 102 valence electrons. The largest absolute Gasteiger partial charge is 0.480 e. The van der Waals surface area contributed by atoms with Gasteiger partial charge in [0.1, 0.15) is 6.04 Å². The molecule has 18 heavy (non-hydrogen) atoms. The van der Waals surface area contributed by atoms with E-state index in [-0.39, 0.29) is 11.9 Å². The Balaban J connectivity index is 1.94. The summed E-state index contributed by atoms with van der Waals surface area (Å²) in [5.74, 6) is 0.338. The van der Waals surface area contributed by atoms with Gasteiger partial charge < -0.3 is 10.0 Å². The van der Waals surface area contributed by atoms with Gasteiger partial charge >= 0.3 is 5.97 Å². The molecule has 0 bridgehead atoms. The highest BCUT2D eigenvalue weighted by Crippen LogP contribution is 2.35. The fourth-order valence-corrected chi connectivity index (χ4v) is 3.07. The highest BCUT2D eigenvalue weighted by Gasteiger charge is 2.39. The van der Waals surface area contributed by atoms with Crippen molar-refractivity contribution in [2.45, 2.75) is 64.5 Å². The van der Waals surface area contributed by atoms with Crippen molar-refractivity contribution in [3.63, 3.8) is 0 Å². The van der Waals surface area contributed by atoms with Crippen molar-refractivity contribution < 1.29 is 14.7 Å². The number of hydrogen-bond donors (Lipinski definition) is 1. The standard InChI is InChI=1S/C14H23NO3/c1-9-3-4-11(7-9)8-13(16)15(12-5-6-12)10(2)14(17)18/h9-12H,3-8H2,1-2H3,(H,17,18). The first-order valence-electron chi connectivity index (χ1n) is 7.03. The van der Waals surface area contributed by atoms with Gasteiger partial charge in [-0.15, -0.1) is 0 Å². The summed E-state index contributed by atoms with van der Waals surface area (Å²) in [4.78, 5) is 25.0. The van der Waals surface area contributed by atoms with E-state index in [1.807, 2.05) is 0 Å². The predicted octanol–water partition coefficient (Wildman–Crippen LogP) is 2.28. The fourth-order valence-electron chi connectivity index (χ4n) is 3.07. The third kappa shape index (κ3) is 3.03. The molecule has 0 heterocycles. The van der Waals surface area contributed by atoms with Crippen molar-refractivity contribution in [3.05, 3.63) is 0 Å². The summed E-state index contributed by atoms with van der Waals surface area (Å²) in [6, 6.07) is -0.494. The second-order valence-electron chi connectivity index (χ2n) is 6.03. The topological polar surface area (TPSA) is 57.6 Å². The van der Waals surface area contributed by atoms with E-state index in [2.05, 4.69) is 6.92 Å². The van der Waals surface area contributed by atoms with Gasteiger partial charge in [-0.3, -0.25) is 4.79 Å². The van der Waals surface area contributed by atoms with Crippen LogP contribution in [0.1, 0.15) is 52.4 Å². The molecule has 1 amide bonds. The third-order valence-corrected chi connectivity index (χ3v) is 4.27. The number of nitrogens with zero attached hydrogens (tertiary/aromatic N) is 1. The maximum Gasteiger partial charge on any atom is 0.326 e. The van der Waals surface area contributed by atoms with Gasteiger partial charge in [-0.2, -0.15) is 0 Å². The number of carboxylic acid groups (broad SMARTS) is 1. The lowest BCUT2D eigenvalue weighted by atomic mass is 10.0. The minimum absolute atomic E-state index is 0.0477. The molecular weight excluding hydrogens is 230 g/mol. The average Bonchev–Trinajstić information content (AvgIpc) is 3.03. The summed E-state index contributed by atoms with van der Waals surface area (Å²) in [6.07, 6.45) is 5.90. The highest BCUT2D eigenvalue weighted by atomic mass is 16.4. The van der Waals surface area contributed by atoms with E-state index in [1.165, 1.54) is 6.42 Å². The molecule has 4 heteroatoms. The van der Waals surface area contributed by atoms with Crippen LogP contribution in [0.15, 0.2) is 0 Å². The van der Waals surface area contributed by atoms with Crippen LogP contribution in [0.2, 0.25) is 0 Å². The maximum atomic E-state index is 12.3. The molecule has 2 aliphatic rings. The summed E-state index contributed by atoms with van der Waals surface area (Å²) >= 11 is 0. The van der Waals surface area contributed by atoms with Gasteiger partial charge in [-0.25, -0.2) is 4.79 Å². The Labute approximate surface area is 108 Å². The molecule has 0 aromatic rings. The van der Waals surface area contributed by atoms with Crippen molar-refractivity contribution in [1.29, 1.82) is 0 Å². The van der Waals surface area contributed by atoms with Crippen LogP contribution in [0.25, 0.3) is 0 Å². The SMILES string of the molecule is CC1CCC(CC(=O)N(C2CC2)C(C)C(=O)O)C1. The normalized spacial score (nSPS) is 29.0. The first kappa shape index (κ1) is 13.4. The first-order valence-corrected chi connectivity index (χ1v) is 7.03. The van der Waals surface area contributed by atoms with Crippen LogP contribution >= 0.6 is 0 Å². The van der Waals surface area contributed by atoms with Crippen molar-refractivity contribution in [2.24, 2.45) is 11.8 Å². The lowest BCUT2D eigenvalue weighted by Crippen LogP contribution is -2.45. The van der Waals surface area contributed by atoms with E-state index >= 15 is 0 Å². The number of aliphatic carboxylic acids is 1. The third-order valence-electron chi connectivity index (χ3n) is 4.27. The second kappa shape index (κ2) is 5.29. The van der Waals surface area contributed by atoms with Gasteiger partial charge in [0, 0.05) is 12.5 Å². The minimum atomic E-state index is -0.893. The van der Waals surface area contributed by atoms with Gasteiger partial charge in [-0.05, 0) is 44.4 Å². The molecule has 0 radical (unpaired) electrons. The molecule has 4 nitrogen and oxygen atoms in total. The van der Waals surface area contributed by atoms with E-state index in [0.717, 1.165) is 25.7 Å². The van der Waals surface area contributed by atoms with Crippen molar-refractivity contribution in [2.75, 3.05) is 0 Å². The van der Waals surface area contributed by atoms with Crippen molar-refractivity contribution in [1.82, 2.24) is 4.90 Å². The lowest BCUT2D eigenvalue weighted by molar-refractivity contribution is -0.150. The molecule has 2 saturated carbocycles. The minimum Gasteiger partial charge on any atom is -0.480 e. The van der Waals surface area contributed by atoms with Crippen LogP contribution in [0.5, 0.6) is 0 Å². The van der Waals surface area contributed by atoms with Gasteiger partial charge in [0.05, 0.1) is 0 Å². The first-order chi connectivity index (χ1) is 8.49. The van der Waals surface area contributed by atoms with Gasteiger partial charge in [-0.1, -0.05) is 13.3 Å². The monoisotopic (exact) mass is 253 g/mol. The Morgan fingerprint density at radius 3 is 2.39 bits per heavy atom. The molecule has 0 saturated heterocycles. The number of carboxylic acids is 1. The molecule has 2 fully saturated rings. The average molecular weight is 253 g/mol. The smallest absolute Gasteiger partial charge is 0.326 e. The Kier molecular flexibility index (Phi) is 3.93. The molecule has 2 rings (SSSR count). The van der Waals surface area contributed by atoms with Crippen LogP contribution in [-0.4, -0.2) is 34.0 Å². The van der Waals surface area contributed by atoms with Gasteiger partial charge in [0.25, 0.3) is 0 Å². The molecule has 2 aliphatic carbocycles. The Morgan fingerprint density at radius 2 is 1.94 bits per heavy atom. The molecule has 0 aromatic heterocycles. The summed E-state index contributed by atoms with van der Waals surface area (Å²) in [7, 11) is 0. The van der Waals surface area contributed by atoms with E-state index in [0.29, 0.717) is 18.3 Å². The number of carbonyl (C=O) groups excluding carboxylic acids is 1. The van der Waals surface area contributed by atoms with Crippen molar-refractivity contribution in [3.8, 4) is 0 Å². The van der Waals surface area contributed by atoms with Crippen LogP contribution in [0.4, 0.5) is 0 Å². The summed E-state index contributed by atoms with van der Waals surface area (Å²) in [5.41, 5.74) is 0. The van der Waals surface area contributed by atoms with E-state index in [1.54, 1.807) is 11.8 Å². The summed E-state index contributed by atoms with van der Waals surface area (Å²) < 4.78 is 0. The zero-order valence-electron chi connectivity index (χ0n) is 11.3. The van der Waals surface area contributed by atoms with E-state index in [4.69, 9.17) is 5.11 Å². The van der Waals surface area contributed by atoms with Gasteiger partial charge in [0.15, 0.2) is 0 Å². The van der Waals surface area contributed by atoms with E-state index < -0.39 is 12.0 Å². The summed E-state index contributed by atoms with van der Waals surface area (Å²) in [6.45, 7) is 3.85. The number of carbonyl (C=O) groups is 2. The molecule has 0 aromatic carbocycles. The Morgan fingerprint density at radius 1 is 1.28 bits per heavy atom. The second-order valence-corrected chi connectivity index (χ2v) is 6.03. The van der Waals surface area contributed by atoms with E-state index in [9.17, 15) is 9.59 Å². The number of hydrogen-bond acceptors (Lipinski definition) is 2. The Bertz CT molecular complexity index is 338. The maximum absolute atomic E-state index is 12.3. The van der Waals surface area contributed by atoms with Gasteiger partial charge in [0.2, 0.25) is 5.91 Å². The van der Waals surface area contributed by atoms with Crippen molar-refractivity contribution >= 4 is 11.9 Å². The Hall–Kier alpha value is -1.06. The van der Waals surface area contributed by atoms with Crippen LogP contribution in [-0.2, 0) is 9.59 Å². The molecule has 0 spiro atoms. The highest BCUT2D eigenvalue weighted by molar-refractivity contribution is 5.84. The molecule has 3 unspecified atom stereocenters. The van der Waals surface area contributed by atoms with Crippen LogP contribution < -0.4 is 0 Å². The van der Waals surface area contributed by atoms with Crippen LogP contribution in [0.3, 0.4) is 0 Å². The quantitative estimate of drug-likeness (QED) is 0.817. The zero-order chi connectivity index (χ0) is 13.3. The number of rotatable bonds is 5. The lowest BCUT2D eigenvalue weighted by Gasteiger charge is -2.27. The predicted molar refractivity (Wildman–Crippen MR) is 68.1 cm³/mol. The van der Waals surface area contributed by atoms with Crippen LogP contribution in [0, 0.1) is 11.8 Å². The summed E-state index contributed by atoms with van der Waals surface area (Å²) in [5, 5.41) is 9.09. The molecule has 0 aliphatic heterocycles. The fraction of sp³-hybridized carbons (Fsp3) is 0.857.